The molecule has 0 radical (unpaired) electrons. The van der Waals surface area contributed by atoms with Gasteiger partial charge in [0.15, 0.2) is 0 Å². The molecular formula is C22H23O2P. The van der Waals surface area contributed by atoms with Crippen molar-refractivity contribution in [3.63, 3.8) is 0 Å². The Labute approximate surface area is 151 Å². The maximum absolute atomic E-state index is 5.23. The highest BCUT2D eigenvalue weighted by Crippen LogP contribution is 2.32. The molecule has 0 atom stereocenters. The molecule has 0 saturated heterocycles. The standard InChI is InChI=1S/C22H23O2P/c1-23-16-18-8-12-21(13-9-18)25(20-6-4-3-5-7-20)22-14-10-19(11-15-22)17-24-2/h3-15H,16-17H2,1-2H3. The maximum Gasteiger partial charge on any atom is 0.0713 e. The molecule has 2 nitrogen and oxygen atoms in total. The van der Waals surface area contributed by atoms with Gasteiger partial charge in [0.1, 0.15) is 0 Å². The Balaban J connectivity index is 1.98. The lowest BCUT2D eigenvalue weighted by Gasteiger charge is -2.20. The predicted octanol–water partition coefficient (Wildman–Crippen LogP) is 3.74. The number of methoxy groups -OCH3 is 2. The molecule has 0 unspecified atom stereocenters. The van der Waals surface area contributed by atoms with Crippen LogP contribution in [0.1, 0.15) is 11.1 Å². The average Bonchev–Trinajstić information content (AvgIpc) is 2.66. The van der Waals surface area contributed by atoms with Crippen LogP contribution in [0.2, 0.25) is 0 Å². The van der Waals surface area contributed by atoms with E-state index in [1.165, 1.54) is 27.0 Å². The minimum atomic E-state index is -0.571. The van der Waals surface area contributed by atoms with Gasteiger partial charge in [0.05, 0.1) is 13.2 Å². The van der Waals surface area contributed by atoms with Gasteiger partial charge in [0, 0.05) is 14.2 Å². The van der Waals surface area contributed by atoms with E-state index in [0.717, 1.165) is 0 Å². The van der Waals surface area contributed by atoms with E-state index in [1.807, 2.05) is 0 Å². The highest BCUT2D eigenvalue weighted by atomic mass is 31.1. The van der Waals surface area contributed by atoms with Gasteiger partial charge < -0.3 is 9.47 Å². The average molecular weight is 350 g/mol. The van der Waals surface area contributed by atoms with Crippen LogP contribution in [0.25, 0.3) is 0 Å². The first-order valence-electron chi connectivity index (χ1n) is 8.33. The van der Waals surface area contributed by atoms with Crippen LogP contribution >= 0.6 is 7.92 Å². The van der Waals surface area contributed by atoms with Gasteiger partial charge >= 0.3 is 0 Å². The van der Waals surface area contributed by atoms with Crippen LogP contribution in [0.3, 0.4) is 0 Å². The summed E-state index contributed by atoms with van der Waals surface area (Å²) in [5.74, 6) is 0. The molecule has 3 rings (SSSR count). The van der Waals surface area contributed by atoms with E-state index in [1.54, 1.807) is 14.2 Å². The lowest BCUT2D eigenvalue weighted by molar-refractivity contribution is 0.185. The Morgan fingerprint density at radius 3 is 1.36 bits per heavy atom. The quantitative estimate of drug-likeness (QED) is 0.605. The van der Waals surface area contributed by atoms with E-state index >= 15 is 0 Å². The number of benzene rings is 3. The fourth-order valence-corrected chi connectivity index (χ4v) is 5.10. The van der Waals surface area contributed by atoms with Crippen molar-refractivity contribution in [1.82, 2.24) is 0 Å². The van der Waals surface area contributed by atoms with Crippen LogP contribution in [-0.4, -0.2) is 14.2 Å². The summed E-state index contributed by atoms with van der Waals surface area (Å²) in [7, 11) is 2.89. The van der Waals surface area contributed by atoms with Gasteiger partial charge in [-0.2, -0.15) is 0 Å². The highest BCUT2D eigenvalue weighted by Gasteiger charge is 2.16. The zero-order valence-corrected chi connectivity index (χ0v) is 15.6. The van der Waals surface area contributed by atoms with E-state index in [2.05, 4.69) is 78.9 Å². The molecule has 0 aliphatic rings. The largest absolute Gasteiger partial charge is 0.380 e. The van der Waals surface area contributed by atoms with Gasteiger partial charge in [-0.05, 0) is 35.0 Å². The third-order valence-corrected chi connectivity index (χ3v) is 6.47. The summed E-state index contributed by atoms with van der Waals surface area (Å²) in [6.07, 6.45) is 0. The molecule has 0 amide bonds. The molecular weight excluding hydrogens is 327 g/mol. The molecule has 0 bridgehead atoms. The molecule has 0 aromatic heterocycles. The Bertz CT molecular complexity index is 718. The summed E-state index contributed by atoms with van der Waals surface area (Å²) in [6, 6.07) is 28.3. The van der Waals surface area contributed by atoms with Crippen LogP contribution in [0.15, 0.2) is 78.9 Å². The van der Waals surface area contributed by atoms with Gasteiger partial charge in [0.2, 0.25) is 0 Å². The molecule has 3 aromatic rings. The van der Waals surface area contributed by atoms with Crippen LogP contribution in [-0.2, 0) is 22.7 Å². The molecule has 0 fully saturated rings. The monoisotopic (exact) mass is 350 g/mol. The van der Waals surface area contributed by atoms with E-state index in [9.17, 15) is 0 Å². The molecule has 25 heavy (non-hydrogen) atoms. The summed E-state index contributed by atoms with van der Waals surface area (Å²) in [5.41, 5.74) is 2.40. The first-order valence-corrected chi connectivity index (χ1v) is 9.67. The fraction of sp³-hybridized carbons (Fsp3) is 0.182. The van der Waals surface area contributed by atoms with Gasteiger partial charge in [-0.1, -0.05) is 78.9 Å². The van der Waals surface area contributed by atoms with Crippen LogP contribution in [0, 0.1) is 0 Å². The molecule has 0 spiro atoms. The van der Waals surface area contributed by atoms with Crippen molar-refractivity contribution in [3.05, 3.63) is 90.0 Å². The van der Waals surface area contributed by atoms with Gasteiger partial charge in [0.25, 0.3) is 0 Å². The summed E-state index contributed by atoms with van der Waals surface area (Å²) >= 11 is 0. The Kier molecular flexibility index (Phi) is 6.36. The molecule has 0 heterocycles. The fourth-order valence-electron chi connectivity index (χ4n) is 2.84. The van der Waals surface area contributed by atoms with Crippen LogP contribution in [0.5, 0.6) is 0 Å². The summed E-state index contributed by atoms with van der Waals surface area (Å²) in [6.45, 7) is 1.30. The third kappa shape index (κ3) is 4.55. The SMILES string of the molecule is COCc1ccc(P(c2ccccc2)c2ccc(COC)cc2)cc1. The number of rotatable bonds is 7. The molecule has 0 aliphatic carbocycles. The second-order valence-electron chi connectivity index (χ2n) is 5.87. The Hall–Kier alpha value is -1.99. The first kappa shape index (κ1) is 17.8. The molecule has 3 heteroatoms. The minimum absolute atomic E-state index is 0.571. The second kappa shape index (κ2) is 8.92. The highest BCUT2D eigenvalue weighted by molar-refractivity contribution is 7.79. The molecule has 0 N–H and O–H groups in total. The zero-order chi connectivity index (χ0) is 17.5. The van der Waals surface area contributed by atoms with Gasteiger partial charge in [-0.3, -0.25) is 0 Å². The van der Waals surface area contributed by atoms with Crippen molar-refractivity contribution >= 4 is 23.8 Å². The smallest absolute Gasteiger partial charge is 0.0713 e. The first-order chi connectivity index (χ1) is 12.3. The van der Waals surface area contributed by atoms with Crippen LogP contribution in [0.4, 0.5) is 0 Å². The number of ether oxygens (including phenoxy) is 2. The maximum atomic E-state index is 5.23. The molecule has 0 aliphatic heterocycles. The molecule has 128 valence electrons. The summed E-state index contributed by atoms with van der Waals surface area (Å²) in [4.78, 5) is 0. The van der Waals surface area contributed by atoms with E-state index < -0.39 is 7.92 Å². The Morgan fingerprint density at radius 2 is 0.960 bits per heavy atom. The molecule has 0 saturated carbocycles. The normalized spacial score (nSPS) is 11.0. The number of hydrogen-bond acceptors (Lipinski definition) is 2. The van der Waals surface area contributed by atoms with E-state index in [0.29, 0.717) is 13.2 Å². The lowest BCUT2D eigenvalue weighted by atomic mass is 10.2. The van der Waals surface area contributed by atoms with Crippen molar-refractivity contribution in [3.8, 4) is 0 Å². The lowest BCUT2D eigenvalue weighted by Crippen LogP contribution is -2.20. The van der Waals surface area contributed by atoms with Crippen molar-refractivity contribution in [2.75, 3.05) is 14.2 Å². The summed E-state index contributed by atoms with van der Waals surface area (Å²) in [5, 5.41) is 4.05. The third-order valence-electron chi connectivity index (χ3n) is 4.03. The number of hydrogen-bond donors (Lipinski definition) is 0. The van der Waals surface area contributed by atoms with Gasteiger partial charge in [-0.15, -0.1) is 0 Å². The topological polar surface area (TPSA) is 18.5 Å². The van der Waals surface area contributed by atoms with Crippen molar-refractivity contribution < 1.29 is 9.47 Å². The molecule has 3 aromatic carbocycles. The van der Waals surface area contributed by atoms with Crippen molar-refractivity contribution in [2.24, 2.45) is 0 Å². The predicted molar refractivity (Wildman–Crippen MR) is 107 cm³/mol. The zero-order valence-electron chi connectivity index (χ0n) is 14.7. The second-order valence-corrected chi connectivity index (χ2v) is 8.09. The Morgan fingerprint density at radius 1 is 0.560 bits per heavy atom. The van der Waals surface area contributed by atoms with E-state index in [-0.39, 0.29) is 0 Å². The van der Waals surface area contributed by atoms with Crippen molar-refractivity contribution in [2.45, 2.75) is 13.2 Å². The van der Waals surface area contributed by atoms with Crippen LogP contribution < -0.4 is 15.9 Å². The minimum Gasteiger partial charge on any atom is -0.380 e. The summed E-state index contributed by atoms with van der Waals surface area (Å²) < 4.78 is 10.5. The van der Waals surface area contributed by atoms with Gasteiger partial charge in [-0.25, -0.2) is 0 Å². The van der Waals surface area contributed by atoms with E-state index in [4.69, 9.17) is 9.47 Å². The van der Waals surface area contributed by atoms with Crippen molar-refractivity contribution in [1.29, 1.82) is 0 Å².